The quantitative estimate of drug-likeness (QED) is 0.633. The Balaban J connectivity index is 1.38. The molecule has 1 N–H and O–H groups in total. The molecule has 2 aromatic carbocycles. The number of hydrogen-bond donors (Lipinski definition) is 1. The van der Waals surface area contributed by atoms with Crippen molar-refractivity contribution in [3.8, 4) is 21.9 Å². The molecular formula is C22H17NO6S. The minimum atomic E-state index is -0.728. The zero-order valence-corrected chi connectivity index (χ0v) is 16.8. The summed E-state index contributed by atoms with van der Waals surface area (Å²) in [6.45, 7) is -0.209. The second-order valence-corrected chi connectivity index (χ2v) is 7.46. The number of carbonyl (C=O) groups is 3. The van der Waals surface area contributed by atoms with Crippen LogP contribution in [-0.2, 0) is 16.1 Å². The number of methoxy groups -OCH3 is 1. The van der Waals surface area contributed by atoms with E-state index in [1.807, 2.05) is 24.3 Å². The van der Waals surface area contributed by atoms with Gasteiger partial charge in [-0.1, -0.05) is 24.3 Å². The highest BCUT2D eigenvalue weighted by Gasteiger charge is 2.23. The Morgan fingerprint density at radius 1 is 1.10 bits per heavy atom. The summed E-state index contributed by atoms with van der Waals surface area (Å²) < 4.78 is 15.9. The Bertz CT molecular complexity index is 1140. The molecule has 0 bridgehead atoms. The molecule has 0 radical (unpaired) electrons. The van der Waals surface area contributed by atoms with Gasteiger partial charge >= 0.3 is 5.97 Å². The maximum absolute atomic E-state index is 12.4. The van der Waals surface area contributed by atoms with E-state index in [0.29, 0.717) is 17.2 Å². The fraction of sp³-hybridized carbons (Fsp3) is 0.136. The van der Waals surface area contributed by atoms with Crippen LogP contribution in [-0.4, -0.2) is 31.5 Å². The lowest BCUT2D eigenvalue weighted by atomic mass is 10.1. The normalized spacial score (nSPS) is 11.5. The van der Waals surface area contributed by atoms with Crippen molar-refractivity contribution in [3.63, 3.8) is 0 Å². The molecule has 1 aromatic heterocycles. The Hall–Kier alpha value is -3.65. The third-order valence-electron chi connectivity index (χ3n) is 4.46. The first kappa shape index (κ1) is 19.7. The molecule has 1 aliphatic rings. The predicted molar refractivity (Wildman–Crippen MR) is 110 cm³/mol. The largest absolute Gasteiger partial charge is 0.496 e. The second kappa shape index (κ2) is 8.38. The molecule has 2 heterocycles. The number of carbonyl (C=O) groups excluding carboxylic acids is 3. The van der Waals surface area contributed by atoms with Gasteiger partial charge in [-0.2, -0.15) is 0 Å². The zero-order chi connectivity index (χ0) is 21.1. The minimum Gasteiger partial charge on any atom is -0.496 e. The number of thiophene rings is 1. The van der Waals surface area contributed by atoms with E-state index < -0.39 is 24.4 Å². The number of amides is 2. The minimum absolute atomic E-state index is 0.212. The third-order valence-corrected chi connectivity index (χ3v) is 5.65. The van der Waals surface area contributed by atoms with Crippen molar-refractivity contribution >= 4 is 29.1 Å². The van der Waals surface area contributed by atoms with Crippen LogP contribution >= 0.6 is 11.3 Å². The van der Waals surface area contributed by atoms with Gasteiger partial charge in [0.2, 0.25) is 0 Å². The lowest BCUT2D eigenvalue weighted by Gasteiger charge is -2.16. The number of ether oxygens (including phenoxy) is 3. The molecule has 0 fully saturated rings. The first-order valence-electron chi connectivity index (χ1n) is 9.06. The number of fused-ring (bicyclic) bond motifs is 3. The highest BCUT2D eigenvalue weighted by atomic mass is 32.1. The topological polar surface area (TPSA) is 90.9 Å². The third kappa shape index (κ3) is 3.90. The van der Waals surface area contributed by atoms with Gasteiger partial charge in [0.15, 0.2) is 6.61 Å². The first-order valence-corrected chi connectivity index (χ1v) is 9.87. The average molecular weight is 423 g/mol. The fourth-order valence-corrected chi connectivity index (χ4v) is 4.16. The van der Waals surface area contributed by atoms with Crippen LogP contribution in [0.3, 0.4) is 0 Å². The van der Waals surface area contributed by atoms with E-state index in [1.54, 1.807) is 24.3 Å². The zero-order valence-electron chi connectivity index (χ0n) is 16.0. The molecule has 0 atom stereocenters. The number of para-hydroxylation sites is 2. The standard InChI is InChI=1S/C22H17NO6S/c1-27-16-8-4-3-7-15(16)21(25)23-19(24)12-29-22(26)18-10-13-11-28-17-9-5-2-6-14(17)20(13)30-18/h2-10H,11-12H2,1H3,(H,23,24,25). The van der Waals surface area contributed by atoms with Crippen molar-refractivity contribution in [2.75, 3.05) is 13.7 Å². The highest BCUT2D eigenvalue weighted by molar-refractivity contribution is 7.17. The Morgan fingerprint density at radius 2 is 1.87 bits per heavy atom. The fourth-order valence-electron chi connectivity index (χ4n) is 3.06. The van der Waals surface area contributed by atoms with Gasteiger partial charge in [0, 0.05) is 16.0 Å². The van der Waals surface area contributed by atoms with Crippen molar-refractivity contribution in [2.24, 2.45) is 0 Å². The number of benzene rings is 2. The van der Waals surface area contributed by atoms with Crippen LogP contribution in [0.1, 0.15) is 25.6 Å². The summed E-state index contributed by atoms with van der Waals surface area (Å²) in [6.07, 6.45) is 0. The Morgan fingerprint density at radius 3 is 2.70 bits per heavy atom. The van der Waals surface area contributed by atoms with Gasteiger partial charge in [-0.15, -0.1) is 11.3 Å². The van der Waals surface area contributed by atoms with Crippen molar-refractivity contribution in [3.05, 3.63) is 70.6 Å². The van der Waals surface area contributed by atoms with E-state index >= 15 is 0 Å². The van der Waals surface area contributed by atoms with Gasteiger partial charge in [0.25, 0.3) is 11.8 Å². The number of hydrogen-bond acceptors (Lipinski definition) is 7. The number of nitrogens with one attached hydrogen (secondary N) is 1. The van der Waals surface area contributed by atoms with Gasteiger partial charge in [0.05, 0.1) is 12.7 Å². The summed E-state index contributed by atoms with van der Waals surface area (Å²) in [4.78, 5) is 38.0. The van der Waals surface area contributed by atoms with E-state index in [1.165, 1.54) is 24.5 Å². The van der Waals surface area contributed by atoms with Crippen LogP contribution in [0, 0.1) is 0 Å². The monoisotopic (exact) mass is 423 g/mol. The molecule has 0 spiro atoms. The molecule has 7 nitrogen and oxygen atoms in total. The second-order valence-electron chi connectivity index (χ2n) is 6.40. The van der Waals surface area contributed by atoms with E-state index in [2.05, 4.69) is 5.32 Å². The van der Waals surface area contributed by atoms with Crippen molar-refractivity contribution in [1.82, 2.24) is 5.32 Å². The smallest absolute Gasteiger partial charge is 0.348 e. The van der Waals surface area contributed by atoms with Crippen LogP contribution in [0.25, 0.3) is 10.4 Å². The summed E-state index contributed by atoms with van der Waals surface area (Å²) in [5, 5.41) is 2.19. The van der Waals surface area contributed by atoms with Gasteiger partial charge in [-0.25, -0.2) is 4.79 Å². The molecule has 30 heavy (non-hydrogen) atoms. The van der Waals surface area contributed by atoms with Crippen LogP contribution < -0.4 is 14.8 Å². The molecule has 8 heteroatoms. The average Bonchev–Trinajstić information content (AvgIpc) is 3.22. The number of rotatable bonds is 5. The van der Waals surface area contributed by atoms with Crippen LogP contribution in [0.5, 0.6) is 11.5 Å². The Labute approximate surface area is 176 Å². The molecule has 0 saturated heterocycles. The number of esters is 1. The van der Waals surface area contributed by atoms with E-state index in [9.17, 15) is 14.4 Å². The molecule has 0 saturated carbocycles. The van der Waals surface area contributed by atoms with Crippen LogP contribution in [0.2, 0.25) is 0 Å². The van der Waals surface area contributed by atoms with E-state index in [-0.39, 0.29) is 5.56 Å². The summed E-state index contributed by atoms with van der Waals surface area (Å²) >= 11 is 1.28. The molecule has 4 rings (SSSR count). The molecule has 0 aliphatic carbocycles. The van der Waals surface area contributed by atoms with Crippen molar-refractivity contribution < 1.29 is 28.6 Å². The SMILES string of the molecule is COc1ccccc1C(=O)NC(=O)COC(=O)c1cc2c(s1)-c1ccccc1OC2. The van der Waals surface area contributed by atoms with Crippen LogP contribution in [0.4, 0.5) is 0 Å². The molecule has 1 aliphatic heterocycles. The maximum Gasteiger partial charge on any atom is 0.348 e. The predicted octanol–water partition coefficient (Wildman–Crippen LogP) is 3.43. The molecule has 0 unspecified atom stereocenters. The molecule has 152 valence electrons. The lowest BCUT2D eigenvalue weighted by molar-refractivity contribution is -0.123. The first-order chi connectivity index (χ1) is 14.6. The lowest BCUT2D eigenvalue weighted by Crippen LogP contribution is -2.34. The highest BCUT2D eigenvalue weighted by Crippen LogP contribution is 2.42. The summed E-state index contributed by atoms with van der Waals surface area (Å²) in [5.74, 6) is -0.887. The number of imide groups is 1. The van der Waals surface area contributed by atoms with Gasteiger partial charge in [-0.3, -0.25) is 14.9 Å². The summed E-state index contributed by atoms with van der Waals surface area (Å²) in [6, 6.07) is 15.8. The molecule has 3 aromatic rings. The van der Waals surface area contributed by atoms with Gasteiger partial charge < -0.3 is 14.2 Å². The maximum atomic E-state index is 12.4. The Kier molecular flexibility index (Phi) is 5.49. The van der Waals surface area contributed by atoms with Crippen molar-refractivity contribution in [1.29, 1.82) is 0 Å². The van der Waals surface area contributed by atoms with Gasteiger partial charge in [-0.05, 0) is 30.3 Å². The summed E-state index contributed by atoms with van der Waals surface area (Å²) in [5.41, 5.74) is 2.02. The van der Waals surface area contributed by atoms with E-state index in [0.717, 1.165) is 21.8 Å². The molecular weight excluding hydrogens is 406 g/mol. The van der Waals surface area contributed by atoms with Crippen molar-refractivity contribution in [2.45, 2.75) is 6.61 Å². The van der Waals surface area contributed by atoms with Gasteiger partial charge in [0.1, 0.15) is 23.0 Å². The molecule has 2 amide bonds. The van der Waals surface area contributed by atoms with Crippen LogP contribution in [0.15, 0.2) is 54.6 Å². The van der Waals surface area contributed by atoms with E-state index in [4.69, 9.17) is 14.2 Å². The summed E-state index contributed by atoms with van der Waals surface area (Å²) in [7, 11) is 1.43.